The van der Waals surface area contributed by atoms with Crippen molar-refractivity contribution in [3.05, 3.63) is 87.3 Å². The van der Waals surface area contributed by atoms with E-state index in [1.807, 2.05) is 0 Å². The third-order valence-corrected chi connectivity index (χ3v) is 4.70. The van der Waals surface area contributed by atoms with Gasteiger partial charge in [-0.3, -0.25) is 9.36 Å². The molecule has 0 aliphatic rings. The summed E-state index contributed by atoms with van der Waals surface area (Å²) in [5, 5.41) is 8.99. The highest BCUT2D eigenvalue weighted by atomic mass is 19.1. The molecule has 1 heterocycles. The molecule has 0 spiro atoms. The number of anilines is 1. The molecule has 5 nitrogen and oxygen atoms in total. The van der Waals surface area contributed by atoms with Crippen LogP contribution in [0.3, 0.4) is 0 Å². The Bertz CT molecular complexity index is 1140. The van der Waals surface area contributed by atoms with Gasteiger partial charge in [0, 0.05) is 48.7 Å². The van der Waals surface area contributed by atoms with Crippen LogP contribution in [0, 0.1) is 30.2 Å². The maximum absolute atomic E-state index is 14.7. The van der Waals surface area contributed by atoms with Crippen molar-refractivity contribution in [1.82, 2.24) is 4.57 Å². The molecule has 164 valence electrons. The predicted octanol–water partition coefficient (Wildman–Crippen LogP) is 3.71. The van der Waals surface area contributed by atoms with E-state index in [1.54, 1.807) is 7.05 Å². The first-order chi connectivity index (χ1) is 14.7. The van der Waals surface area contributed by atoms with E-state index in [0.29, 0.717) is 0 Å². The summed E-state index contributed by atoms with van der Waals surface area (Å²) in [6.07, 6.45) is 0. The number of likely N-dealkylation sites (N-methyl/N-ethyl adjacent to an activating group) is 1. The number of aliphatic hydroxyl groups is 1. The molecule has 0 aliphatic carbocycles. The number of aliphatic hydroxyl groups excluding tert-OH is 1. The van der Waals surface area contributed by atoms with Gasteiger partial charge in [-0.15, -0.1) is 0 Å². The second kappa shape index (κ2) is 9.22. The molecular formula is C22H20F4N2O3. The maximum Gasteiger partial charge on any atom is 0.259 e. The smallest absolute Gasteiger partial charge is 0.259 e. The van der Waals surface area contributed by atoms with Crippen LogP contribution in [0.5, 0.6) is 5.75 Å². The van der Waals surface area contributed by atoms with Gasteiger partial charge in [0.05, 0.1) is 6.61 Å². The van der Waals surface area contributed by atoms with Crippen molar-refractivity contribution < 1.29 is 27.4 Å². The third kappa shape index (κ3) is 4.88. The van der Waals surface area contributed by atoms with Gasteiger partial charge in [0.1, 0.15) is 29.7 Å². The van der Waals surface area contributed by atoms with Gasteiger partial charge in [0.15, 0.2) is 11.6 Å². The van der Waals surface area contributed by atoms with Crippen LogP contribution in [0.15, 0.2) is 47.3 Å². The summed E-state index contributed by atoms with van der Waals surface area (Å²) in [6, 6.07) is 7.57. The summed E-state index contributed by atoms with van der Waals surface area (Å²) in [5.74, 6) is -3.35. The molecule has 0 saturated carbocycles. The van der Waals surface area contributed by atoms with Crippen molar-refractivity contribution in [3.63, 3.8) is 0 Å². The number of halogens is 4. The molecule has 1 aromatic heterocycles. The molecule has 0 amide bonds. The Kier molecular flexibility index (Phi) is 6.65. The number of rotatable bonds is 7. The van der Waals surface area contributed by atoms with Crippen LogP contribution >= 0.6 is 0 Å². The molecule has 2 aromatic carbocycles. The number of aryl methyl sites for hydroxylation is 1. The van der Waals surface area contributed by atoms with Crippen molar-refractivity contribution >= 4 is 5.69 Å². The van der Waals surface area contributed by atoms with Crippen LogP contribution in [-0.2, 0) is 6.61 Å². The predicted molar refractivity (Wildman–Crippen MR) is 108 cm³/mol. The van der Waals surface area contributed by atoms with Gasteiger partial charge in [-0.1, -0.05) is 0 Å². The van der Waals surface area contributed by atoms with Gasteiger partial charge in [-0.05, 0) is 31.2 Å². The molecular weight excluding hydrogens is 416 g/mol. The fourth-order valence-electron chi connectivity index (χ4n) is 3.11. The van der Waals surface area contributed by atoms with E-state index in [-0.39, 0.29) is 42.5 Å². The molecule has 31 heavy (non-hydrogen) atoms. The number of hydrogen-bond acceptors (Lipinski definition) is 4. The maximum atomic E-state index is 14.7. The fraction of sp³-hybridized carbons (Fsp3) is 0.227. The Morgan fingerprint density at radius 3 is 2.26 bits per heavy atom. The third-order valence-electron chi connectivity index (χ3n) is 4.70. The summed E-state index contributed by atoms with van der Waals surface area (Å²) in [5.41, 5.74) is -0.803. The zero-order valence-electron chi connectivity index (χ0n) is 16.8. The highest BCUT2D eigenvalue weighted by molar-refractivity contribution is 5.53. The molecule has 3 rings (SSSR count). The first-order valence-corrected chi connectivity index (χ1v) is 9.33. The zero-order chi connectivity index (χ0) is 22.7. The van der Waals surface area contributed by atoms with E-state index < -0.39 is 34.5 Å². The number of benzene rings is 2. The summed E-state index contributed by atoms with van der Waals surface area (Å²) in [6.45, 7) is 1.20. The first kappa shape index (κ1) is 22.4. The molecule has 0 atom stereocenters. The second-order valence-electron chi connectivity index (χ2n) is 6.93. The minimum atomic E-state index is -0.952. The Morgan fingerprint density at radius 2 is 1.68 bits per heavy atom. The van der Waals surface area contributed by atoms with Crippen molar-refractivity contribution in [2.45, 2.75) is 13.5 Å². The lowest BCUT2D eigenvalue weighted by Gasteiger charge is -2.20. The first-order valence-electron chi connectivity index (χ1n) is 9.33. The van der Waals surface area contributed by atoms with Gasteiger partial charge < -0.3 is 14.7 Å². The van der Waals surface area contributed by atoms with Crippen LogP contribution in [0.4, 0.5) is 23.2 Å². The van der Waals surface area contributed by atoms with Gasteiger partial charge in [-0.2, -0.15) is 0 Å². The molecule has 9 heteroatoms. The molecule has 0 saturated heterocycles. The minimum Gasteiger partial charge on any atom is -0.489 e. The fourth-order valence-corrected chi connectivity index (χ4v) is 3.11. The Hall–Kier alpha value is -3.33. The highest BCUT2D eigenvalue weighted by Gasteiger charge is 2.18. The van der Waals surface area contributed by atoms with Gasteiger partial charge in [0.2, 0.25) is 0 Å². The lowest BCUT2D eigenvalue weighted by molar-refractivity contribution is 0.298. The average Bonchev–Trinajstić information content (AvgIpc) is 2.68. The zero-order valence-corrected chi connectivity index (χ0v) is 16.8. The van der Waals surface area contributed by atoms with E-state index in [2.05, 4.69) is 0 Å². The SMILES string of the molecule is Cc1cc(OCc2ccc(F)cc2F)cc(=O)n1-c1c(F)cc(N(C)CCO)cc1F. The van der Waals surface area contributed by atoms with Gasteiger partial charge in [0.25, 0.3) is 5.56 Å². The summed E-state index contributed by atoms with van der Waals surface area (Å²) in [4.78, 5) is 14.1. The van der Waals surface area contributed by atoms with Crippen LogP contribution in [0.1, 0.15) is 11.3 Å². The molecule has 0 radical (unpaired) electrons. The second-order valence-corrected chi connectivity index (χ2v) is 6.93. The largest absolute Gasteiger partial charge is 0.489 e. The van der Waals surface area contributed by atoms with Crippen LogP contribution in [-0.4, -0.2) is 29.9 Å². The van der Waals surface area contributed by atoms with E-state index in [0.717, 1.165) is 34.9 Å². The van der Waals surface area contributed by atoms with Crippen molar-refractivity contribution in [2.75, 3.05) is 25.1 Å². The topological polar surface area (TPSA) is 54.7 Å². The quantitative estimate of drug-likeness (QED) is 0.574. The molecule has 1 N–H and O–H groups in total. The summed E-state index contributed by atoms with van der Waals surface area (Å²) < 4.78 is 62.4. The lowest BCUT2D eigenvalue weighted by Crippen LogP contribution is -2.24. The number of ether oxygens (including phenoxy) is 1. The van der Waals surface area contributed by atoms with Gasteiger partial charge >= 0.3 is 0 Å². The normalized spacial score (nSPS) is 10.9. The van der Waals surface area contributed by atoms with E-state index >= 15 is 0 Å². The Balaban J connectivity index is 1.91. The van der Waals surface area contributed by atoms with Crippen molar-refractivity contribution in [2.24, 2.45) is 0 Å². The number of nitrogens with zero attached hydrogens (tertiary/aromatic N) is 2. The monoisotopic (exact) mass is 436 g/mol. The number of hydrogen-bond donors (Lipinski definition) is 1. The van der Waals surface area contributed by atoms with E-state index in [9.17, 15) is 22.4 Å². The number of aromatic nitrogens is 1. The number of pyridine rings is 1. The average molecular weight is 436 g/mol. The lowest BCUT2D eigenvalue weighted by atomic mass is 10.2. The van der Waals surface area contributed by atoms with E-state index in [1.165, 1.54) is 24.0 Å². The Morgan fingerprint density at radius 1 is 1.00 bits per heavy atom. The standard InChI is InChI=1S/C22H20F4N2O3/c1-13-7-17(31-12-14-3-4-15(23)8-18(14)24)11-21(30)28(13)22-19(25)9-16(10-20(22)26)27(2)5-6-29/h3-4,7-11,29H,5-6,12H2,1-2H3. The molecule has 3 aromatic rings. The van der Waals surface area contributed by atoms with Crippen LogP contribution < -0.4 is 15.2 Å². The highest BCUT2D eigenvalue weighted by Crippen LogP contribution is 2.25. The molecule has 0 bridgehead atoms. The van der Waals surface area contributed by atoms with Crippen molar-refractivity contribution in [1.29, 1.82) is 0 Å². The van der Waals surface area contributed by atoms with Crippen LogP contribution in [0.2, 0.25) is 0 Å². The van der Waals surface area contributed by atoms with Gasteiger partial charge in [-0.25, -0.2) is 17.6 Å². The summed E-state index contributed by atoms with van der Waals surface area (Å²) in [7, 11) is 1.57. The molecule has 0 unspecified atom stereocenters. The van der Waals surface area contributed by atoms with Crippen molar-refractivity contribution in [3.8, 4) is 11.4 Å². The van der Waals surface area contributed by atoms with Crippen LogP contribution in [0.25, 0.3) is 5.69 Å². The minimum absolute atomic E-state index is 0.0718. The molecule has 0 aliphatic heterocycles. The van der Waals surface area contributed by atoms with E-state index in [4.69, 9.17) is 9.84 Å². The molecule has 0 fully saturated rings. The Labute approximate surface area is 175 Å². The summed E-state index contributed by atoms with van der Waals surface area (Å²) >= 11 is 0.